The van der Waals surface area contributed by atoms with Gasteiger partial charge in [-0.15, -0.1) is 0 Å². The van der Waals surface area contributed by atoms with E-state index in [1.807, 2.05) is 0 Å². The first-order chi connectivity index (χ1) is 10.1. The highest BCUT2D eigenvalue weighted by Crippen LogP contribution is 2.21. The van der Waals surface area contributed by atoms with Crippen LogP contribution >= 0.6 is 0 Å². The van der Waals surface area contributed by atoms with E-state index in [4.69, 9.17) is 0 Å². The highest BCUT2D eigenvalue weighted by atomic mass is 16.6. The minimum Gasteiger partial charge on any atom is -0.287 e. The molecule has 1 N–H and O–H groups in total. The van der Waals surface area contributed by atoms with Crippen LogP contribution in [-0.4, -0.2) is 40.3 Å². The molecule has 1 saturated carbocycles. The number of aliphatic imine (C=N–C) groups is 2. The van der Waals surface area contributed by atoms with Gasteiger partial charge < -0.3 is 0 Å². The van der Waals surface area contributed by atoms with Gasteiger partial charge in [0.1, 0.15) is 12.4 Å². The molecular weight excluding hydrogens is 272 g/mol. The maximum absolute atomic E-state index is 10.7. The van der Waals surface area contributed by atoms with Gasteiger partial charge in [0.2, 0.25) is 0 Å². The summed E-state index contributed by atoms with van der Waals surface area (Å²) in [5.41, 5.74) is 0.916. The van der Waals surface area contributed by atoms with Crippen molar-refractivity contribution in [2.75, 3.05) is 13.7 Å². The predicted octanol–water partition coefficient (Wildman–Crippen LogP) is 2.56. The molecule has 0 aromatic rings. The van der Waals surface area contributed by atoms with Gasteiger partial charge in [-0.1, -0.05) is 38.5 Å². The lowest BCUT2D eigenvalue weighted by molar-refractivity contribution is -0.414. The summed E-state index contributed by atoms with van der Waals surface area (Å²) in [5.74, 6) is 0. The molecule has 0 amide bonds. The van der Waals surface area contributed by atoms with E-state index in [0.717, 1.165) is 5.06 Å². The van der Waals surface area contributed by atoms with Crippen molar-refractivity contribution in [2.45, 2.75) is 38.5 Å². The van der Waals surface area contributed by atoms with Gasteiger partial charge in [0.05, 0.1) is 10.6 Å². The molecule has 2 aliphatic carbocycles. The first-order valence-corrected chi connectivity index (χ1v) is 7.20. The lowest BCUT2D eigenvalue weighted by Gasteiger charge is -2.13. The smallest absolute Gasteiger partial charge is 0.287 e. The first-order valence-electron chi connectivity index (χ1n) is 7.20. The molecule has 0 bridgehead atoms. The summed E-state index contributed by atoms with van der Waals surface area (Å²) in [6, 6.07) is 0. The molecule has 7 heteroatoms. The molecular formula is C14H20N4O3. The van der Waals surface area contributed by atoms with Crippen LogP contribution in [0.3, 0.4) is 0 Å². The number of fused-ring (bicyclic) bond motifs is 1. The predicted molar refractivity (Wildman–Crippen MR) is 80.1 cm³/mol. The Morgan fingerprint density at radius 3 is 2.29 bits per heavy atom. The number of hydrogen-bond acceptors (Lipinski definition) is 6. The zero-order valence-electron chi connectivity index (χ0n) is 12.2. The third-order valence-corrected chi connectivity index (χ3v) is 3.67. The summed E-state index contributed by atoms with van der Waals surface area (Å²) in [6.45, 7) is 0.0824. The van der Waals surface area contributed by atoms with Crippen molar-refractivity contribution in [2.24, 2.45) is 9.98 Å². The first kappa shape index (κ1) is 15.4. The zero-order valence-corrected chi connectivity index (χ0v) is 12.2. The Balaban J connectivity index is 0.000000225. The fourth-order valence-electron chi connectivity index (χ4n) is 2.56. The van der Waals surface area contributed by atoms with Gasteiger partial charge in [0, 0.05) is 13.1 Å². The van der Waals surface area contributed by atoms with Crippen molar-refractivity contribution in [1.29, 1.82) is 0 Å². The van der Waals surface area contributed by atoms with Crippen LogP contribution in [0.25, 0.3) is 0 Å². The average molecular weight is 292 g/mol. The summed E-state index contributed by atoms with van der Waals surface area (Å²) >= 11 is 0. The second kappa shape index (κ2) is 7.12. The SMILES string of the molecule is C1CCCCC1.CN=C1C([N+](=O)[O-])=CC=C2C1=NCN2O. The Bertz CT molecular complexity index is 519. The highest BCUT2D eigenvalue weighted by molar-refractivity contribution is 6.53. The van der Waals surface area contributed by atoms with E-state index in [-0.39, 0.29) is 18.1 Å². The van der Waals surface area contributed by atoms with E-state index >= 15 is 0 Å². The molecule has 1 heterocycles. The normalized spacial score (nSPS) is 22.7. The molecule has 0 radical (unpaired) electrons. The van der Waals surface area contributed by atoms with Gasteiger partial charge in [-0.25, -0.2) is 5.06 Å². The van der Waals surface area contributed by atoms with Crippen LogP contribution < -0.4 is 0 Å². The molecule has 0 atom stereocenters. The van der Waals surface area contributed by atoms with Crippen molar-refractivity contribution in [1.82, 2.24) is 5.06 Å². The topological polar surface area (TPSA) is 91.3 Å². The molecule has 0 aromatic carbocycles. The summed E-state index contributed by atoms with van der Waals surface area (Å²) < 4.78 is 0. The van der Waals surface area contributed by atoms with Crippen LogP contribution in [0.4, 0.5) is 0 Å². The summed E-state index contributed by atoms with van der Waals surface area (Å²) in [5, 5.41) is 21.0. The average Bonchev–Trinajstić information content (AvgIpc) is 2.90. The van der Waals surface area contributed by atoms with E-state index in [0.29, 0.717) is 11.4 Å². The Labute approximate surface area is 123 Å². The minimum absolute atomic E-state index is 0.0824. The Kier molecular flexibility index (Phi) is 5.21. The quantitative estimate of drug-likeness (QED) is 0.457. The molecule has 0 unspecified atom stereocenters. The van der Waals surface area contributed by atoms with Crippen LogP contribution in [0.1, 0.15) is 38.5 Å². The monoisotopic (exact) mass is 292 g/mol. The maximum Gasteiger partial charge on any atom is 0.296 e. The summed E-state index contributed by atoms with van der Waals surface area (Å²) in [4.78, 5) is 18.0. The van der Waals surface area contributed by atoms with Crippen molar-refractivity contribution >= 4 is 11.4 Å². The van der Waals surface area contributed by atoms with E-state index in [9.17, 15) is 15.3 Å². The molecule has 7 nitrogen and oxygen atoms in total. The molecule has 3 rings (SSSR count). The third-order valence-electron chi connectivity index (χ3n) is 3.67. The number of hydroxylamine groups is 2. The van der Waals surface area contributed by atoms with Crippen LogP contribution in [0.5, 0.6) is 0 Å². The number of hydrogen-bond donors (Lipinski definition) is 1. The van der Waals surface area contributed by atoms with E-state index in [2.05, 4.69) is 9.98 Å². The van der Waals surface area contributed by atoms with Crippen LogP contribution in [0.2, 0.25) is 0 Å². The molecule has 0 spiro atoms. The largest absolute Gasteiger partial charge is 0.296 e. The Hall–Kier alpha value is -2.02. The summed E-state index contributed by atoms with van der Waals surface area (Å²) in [6.07, 6.45) is 11.8. The Morgan fingerprint density at radius 2 is 1.81 bits per heavy atom. The van der Waals surface area contributed by atoms with Crippen molar-refractivity contribution in [3.8, 4) is 0 Å². The lowest BCUT2D eigenvalue weighted by atomic mass is 10.0. The number of rotatable bonds is 1. The fraction of sp³-hybridized carbons (Fsp3) is 0.571. The molecule has 1 fully saturated rings. The summed E-state index contributed by atoms with van der Waals surface area (Å²) in [7, 11) is 1.46. The second-order valence-electron chi connectivity index (χ2n) is 5.10. The third kappa shape index (κ3) is 3.55. The van der Waals surface area contributed by atoms with Gasteiger partial charge in [-0.2, -0.15) is 0 Å². The van der Waals surface area contributed by atoms with Gasteiger partial charge in [-0.05, 0) is 6.08 Å². The van der Waals surface area contributed by atoms with Crippen LogP contribution in [0, 0.1) is 10.1 Å². The molecule has 114 valence electrons. The number of nitro groups is 1. The highest BCUT2D eigenvalue weighted by Gasteiger charge is 2.34. The fourth-order valence-corrected chi connectivity index (χ4v) is 2.56. The van der Waals surface area contributed by atoms with Gasteiger partial charge >= 0.3 is 0 Å². The second-order valence-corrected chi connectivity index (χ2v) is 5.10. The number of allylic oxidation sites excluding steroid dienone is 4. The number of nitrogens with zero attached hydrogens (tertiary/aromatic N) is 4. The van der Waals surface area contributed by atoms with E-state index < -0.39 is 4.92 Å². The van der Waals surface area contributed by atoms with Crippen molar-refractivity contribution < 1.29 is 10.1 Å². The van der Waals surface area contributed by atoms with Crippen LogP contribution in [-0.2, 0) is 0 Å². The molecule has 3 aliphatic rings. The van der Waals surface area contributed by atoms with E-state index in [1.165, 1.54) is 57.7 Å². The lowest BCUT2D eigenvalue weighted by Crippen LogP contribution is -2.28. The zero-order chi connectivity index (χ0) is 15.2. The maximum atomic E-state index is 10.7. The molecule has 0 aromatic heterocycles. The molecule has 1 aliphatic heterocycles. The molecule has 0 saturated heterocycles. The van der Waals surface area contributed by atoms with Crippen LogP contribution in [0.15, 0.2) is 33.5 Å². The van der Waals surface area contributed by atoms with Crippen molar-refractivity contribution in [3.05, 3.63) is 33.7 Å². The van der Waals surface area contributed by atoms with Crippen molar-refractivity contribution in [3.63, 3.8) is 0 Å². The Morgan fingerprint density at radius 1 is 1.24 bits per heavy atom. The van der Waals surface area contributed by atoms with Gasteiger partial charge in [0.15, 0.2) is 5.71 Å². The standard InChI is InChI=1S/C8H8N4O3.C6H12/c1-9-7-6(12(14)15)3-2-5-8(7)10-4-11(5)13;1-2-4-6-5-3-1/h2-3,13H,4H2,1H3;1-6H2. The van der Waals surface area contributed by atoms with Gasteiger partial charge in [-0.3, -0.25) is 25.3 Å². The van der Waals surface area contributed by atoms with E-state index in [1.54, 1.807) is 0 Å². The molecule has 21 heavy (non-hydrogen) atoms. The van der Waals surface area contributed by atoms with Gasteiger partial charge in [0.25, 0.3) is 5.70 Å². The minimum atomic E-state index is -0.516.